The SMILES string of the molecule is COc1ccc(OC)c(-c2c(C(=O)c3ccccc3O)oc3c2c(=O)oc2ccccc23)c1. The molecule has 0 fully saturated rings. The number of rotatable bonds is 5. The van der Waals surface area contributed by atoms with Crippen LogP contribution in [0.15, 0.2) is 80.4 Å². The highest BCUT2D eigenvalue weighted by atomic mass is 16.5. The summed E-state index contributed by atoms with van der Waals surface area (Å²) in [6, 6.07) is 18.1. The lowest BCUT2D eigenvalue weighted by Crippen LogP contribution is -2.05. The number of hydrogen-bond acceptors (Lipinski definition) is 7. The summed E-state index contributed by atoms with van der Waals surface area (Å²) in [5.74, 6) is -0.0264. The molecule has 0 unspecified atom stereocenters. The van der Waals surface area contributed by atoms with Gasteiger partial charge in [-0.25, -0.2) is 4.79 Å². The van der Waals surface area contributed by atoms with Gasteiger partial charge in [0.25, 0.3) is 0 Å². The van der Waals surface area contributed by atoms with E-state index in [-0.39, 0.29) is 33.6 Å². The van der Waals surface area contributed by atoms with Crippen molar-refractivity contribution in [3.63, 3.8) is 0 Å². The Bertz CT molecular complexity index is 1590. The Morgan fingerprint density at radius 3 is 2.42 bits per heavy atom. The molecular formula is C26H18O7. The number of carbonyl (C=O) groups excluding carboxylic acids is 1. The maximum absolute atomic E-state index is 13.6. The Morgan fingerprint density at radius 1 is 0.909 bits per heavy atom. The minimum absolute atomic E-state index is 0.0355. The van der Waals surface area contributed by atoms with E-state index in [9.17, 15) is 14.7 Å². The largest absolute Gasteiger partial charge is 0.507 e. The summed E-state index contributed by atoms with van der Waals surface area (Å²) in [5, 5.41) is 10.9. The van der Waals surface area contributed by atoms with Gasteiger partial charge in [-0.3, -0.25) is 4.79 Å². The normalized spacial score (nSPS) is 11.1. The number of furan rings is 1. The van der Waals surface area contributed by atoms with E-state index in [4.69, 9.17) is 18.3 Å². The highest BCUT2D eigenvalue weighted by molar-refractivity contribution is 6.19. The summed E-state index contributed by atoms with van der Waals surface area (Å²) < 4.78 is 22.5. The summed E-state index contributed by atoms with van der Waals surface area (Å²) in [7, 11) is 2.99. The fourth-order valence-corrected chi connectivity index (χ4v) is 3.92. The maximum Gasteiger partial charge on any atom is 0.348 e. The number of phenols is 1. The molecule has 0 bridgehead atoms. The van der Waals surface area contributed by atoms with Crippen molar-refractivity contribution in [2.24, 2.45) is 0 Å². The van der Waals surface area contributed by atoms with Crippen LogP contribution in [-0.2, 0) is 0 Å². The van der Waals surface area contributed by atoms with E-state index in [1.807, 2.05) is 0 Å². The molecule has 2 heterocycles. The highest BCUT2D eigenvalue weighted by Crippen LogP contribution is 2.43. The number of phenolic OH excluding ortho intramolecular Hbond substituents is 1. The third-order valence-electron chi connectivity index (χ3n) is 5.48. The zero-order valence-corrected chi connectivity index (χ0v) is 17.7. The number of benzene rings is 3. The quantitative estimate of drug-likeness (QED) is 0.296. The molecule has 0 saturated heterocycles. The lowest BCUT2D eigenvalue weighted by atomic mass is 9.97. The van der Waals surface area contributed by atoms with Gasteiger partial charge in [0, 0.05) is 5.56 Å². The average molecular weight is 442 g/mol. The first-order valence-corrected chi connectivity index (χ1v) is 10.1. The molecule has 1 N–H and O–H groups in total. The van der Waals surface area contributed by atoms with E-state index in [1.54, 1.807) is 54.6 Å². The highest BCUT2D eigenvalue weighted by Gasteiger charge is 2.30. The molecule has 33 heavy (non-hydrogen) atoms. The molecule has 0 aliphatic rings. The van der Waals surface area contributed by atoms with Gasteiger partial charge in [-0.15, -0.1) is 0 Å². The summed E-state index contributed by atoms with van der Waals surface area (Å²) in [4.78, 5) is 26.7. The Balaban J connectivity index is 1.94. The molecule has 164 valence electrons. The predicted octanol–water partition coefficient (Wildman–Crippen LogP) is 5.16. The second kappa shape index (κ2) is 7.87. The van der Waals surface area contributed by atoms with Crippen LogP contribution in [0.4, 0.5) is 0 Å². The van der Waals surface area contributed by atoms with Crippen LogP contribution in [0.5, 0.6) is 17.2 Å². The first kappa shape index (κ1) is 20.4. The van der Waals surface area contributed by atoms with Crippen LogP contribution < -0.4 is 15.1 Å². The molecule has 0 radical (unpaired) electrons. The average Bonchev–Trinajstić information content (AvgIpc) is 3.25. The number of ether oxygens (including phenoxy) is 2. The molecule has 0 amide bonds. The van der Waals surface area contributed by atoms with Gasteiger partial charge in [-0.2, -0.15) is 0 Å². The molecule has 0 atom stereocenters. The third kappa shape index (κ3) is 3.22. The monoisotopic (exact) mass is 442 g/mol. The van der Waals surface area contributed by atoms with Gasteiger partial charge in [0.05, 0.1) is 30.7 Å². The van der Waals surface area contributed by atoms with Crippen molar-refractivity contribution in [3.05, 3.63) is 88.5 Å². The summed E-state index contributed by atoms with van der Waals surface area (Å²) in [6.07, 6.45) is 0. The van der Waals surface area contributed by atoms with Crippen LogP contribution in [0.25, 0.3) is 33.1 Å². The van der Waals surface area contributed by atoms with Crippen molar-refractivity contribution in [2.75, 3.05) is 14.2 Å². The molecule has 7 nitrogen and oxygen atoms in total. The fraction of sp³-hybridized carbons (Fsp3) is 0.0769. The zero-order chi connectivity index (χ0) is 23.1. The Morgan fingerprint density at radius 2 is 1.67 bits per heavy atom. The van der Waals surface area contributed by atoms with Gasteiger partial charge in [0.15, 0.2) is 11.3 Å². The van der Waals surface area contributed by atoms with E-state index in [2.05, 4.69) is 0 Å². The van der Waals surface area contributed by atoms with E-state index in [1.165, 1.54) is 26.4 Å². The van der Waals surface area contributed by atoms with Gasteiger partial charge in [0.1, 0.15) is 28.2 Å². The molecule has 5 rings (SSSR count). The van der Waals surface area contributed by atoms with Crippen LogP contribution in [0.1, 0.15) is 16.1 Å². The lowest BCUT2D eigenvalue weighted by Gasteiger charge is -2.11. The van der Waals surface area contributed by atoms with Gasteiger partial charge in [0.2, 0.25) is 5.78 Å². The van der Waals surface area contributed by atoms with Crippen LogP contribution in [0, 0.1) is 0 Å². The minimum Gasteiger partial charge on any atom is -0.507 e. The maximum atomic E-state index is 13.6. The molecule has 3 aromatic carbocycles. The van der Waals surface area contributed by atoms with Gasteiger partial charge in [-0.05, 0) is 42.5 Å². The van der Waals surface area contributed by atoms with Crippen molar-refractivity contribution in [2.45, 2.75) is 0 Å². The molecular weight excluding hydrogens is 424 g/mol. The summed E-state index contributed by atoms with van der Waals surface area (Å²) in [5.41, 5.74) is 0.525. The molecule has 2 aromatic heterocycles. The Labute approximate surface area is 187 Å². The molecule has 0 spiro atoms. The van der Waals surface area contributed by atoms with Crippen LogP contribution in [0.3, 0.4) is 0 Å². The standard InChI is InChI=1S/C26H18O7/c1-30-14-11-12-19(31-2)17(13-14)21-22-24(16-8-4-6-10-20(16)32-26(22)29)33-25(21)23(28)15-7-3-5-9-18(15)27/h3-13,27H,1-2H3. The van der Waals surface area contributed by atoms with E-state index >= 15 is 0 Å². The van der Waals surface area contributed by atoms with E-state index in [0.29, 0.717) is 28.0 Å². The van der Waals surface area contributed by atoms with Crippen LogP contribution in [0.2, 0.25) is 0 Å². The molecule has 7 heteroatoms. The second-order valence-electron chi connectivity index (χ2n) is 7.31. The molecule has 0 aliphatic heterocycles. The van der Waals surface area contributed by atoms with E-state index < -0.39 is 11.4 Å². The zero-order valence-electron chi connectivity index (χ0n) is 17.7. The topological polar surface area (TPSA) is 99.1 Å². The van der Waals surface area contributed by atoms with Gasteiger partial charge >= 0.3 is 5.63 Å². The predicted molar refractivity (Wildman–Crippen MR) is 122 cm³/mol. The van der Waals surface area contributed by atoms with Crippen LogP contribution in [-0.4, -0.2) is 25.1 Å². The number of hydrogen-bond donors (Lipinski definition) is 1. The number of fused-ring (bicyclic) bond motifs is 3. The van der Waals surface area contributed by atoms with Crippen molar-refractivity contribution in [1.29, 1.82) is 0 Å². The lowest BCUT2D eigenvalue weighted by molar-refractivity contribution is 0.101. The summed E-state index contributed by atoms with van der Waals surface area (Å²) in [6.45, 7) is 0. The van der Waals surface area contributed by atoms with Crippen molar-refractivity contribution in [3.8, 4) is 28.4 Å². The van der Waals surface area contributed by atoms with Crippen molar-refractivity contribution >= 4 is 27.7 Å². The number of methoxy groups -OCH3 is 2. The number of aromatic hydroxyl groups is 1. The van der Waals surface area contributed by atoms with Crippen molar-refractivity contribution in [1.82, 2.24) is 0 Å². The fourth-order valence-electron chi connectivity index (χ4n) is 3.92. The molecule has 5 aromatic rings. The second-order valence-corrected chi connectivity index (χ2v) is 7.31. The number of para-hydroxylation sites is 2. The number of carbonyl (C=O) groups is 1. The molecule has 0 aliphatic carbocycles. The first-order chi connectivity index (χ1) is 16.0. The smallest absolute Gasteiger partial charge is 0.348 e. The van der Waals surface area contributed by atoms with Crippen LogP contribution >= 0.6 is 0 Å². The van der Waals surface area contributed by atoms with Gasteiger partial charge < -0.3 is 23.4 Å². The Hall–Kier alpha value is -4.52. The number of ketones is 1. The Kier molecular flexibility index (Phi) is 4.86. The van der Waals surface area contributed by atoms with Gasteiger partial charge in [-0.1, -0.05) is 24.3 Å². The van der Waals surface area contributed by atoms with Crippen molar-refractivity contribution < 1.29 is 28.2 Å². The minimum atomic E-state index is -0.663. The molecule has 0 saturated carbocycles. The third-order valence-corrected chi connectivity index (χ3v) is 5.48. The summed E-state index contributed by atoms with van der Waals surface area (Å²) >= 11 is 0. The van der Waals surface area contributed by atoms with E-state index in [0.717, 1.165) is 0 Å². The first-order valence-electron chi connectivity index (χ1n) is 10.1.